The maximum absolute atomic E-state index is 6.08. The van der Waals surface area contributed by atoms with Crippen molar-refractivity contribution >= 4 is 11.5 Å². The molecule has 1 saturated heterocycles. The van der Waals surface area contributed by atoms with Crippen LogP contribution in [-0.4, -0.2) is 56.8 Å². The predicted molar refractivity (Wildman–Crippen MR) is 122 cm³/mol. The number of anilines is 1. The van der Waals surface area contributed by atoms with Crippen LogP contribution in [0, 0.1) is 13.8 Å². The third kappa shape index (κ3) is 4.79. The Kier molecular flexibility index (Phi) is 6.65. The normalized spacial score (nSPS) is 15.4. The molecule has 0 aromatic carbocycles. The van der Waals surface area contributed by atoms with Crippen molar-refractivity contribution in [2.75, 3.05) is 31.1 Å². The number of nitrogens with zero attached hydrogens (tertiary/aromatic N) is 6. The van der Waals surface area contributed by atoms with Crippen molar-refractivity contribution in [3.05, 3.63) is 41.0 Å². The highest BCUT2D eigenvalue weighted by Crippen LogP contribution is 2.21. The van der Waals surface area contributed by atoms with E-state index in [1.165, 1.54) is 5.56 Å². The average Bonchev–Trinajstić information content (AvgIpc) is 3.17. The van der Waals surface area contributed by atoms with E-state index in [0.717, 1.165) is 73.9 Å². The largest absolute Gasteiger partial charge is 0.459 e. The molecule has 1 fully saturated rings. The van der Waals surface area contributed by atoms with E-state index in [9.17, 15) is 0 Å². The lowest BCUT2D eigenvalue weighted by molar-refractivity contribution is 0.166. The van der Waals surface area contributed by atoms with Crippen molar-refractivity contribution in [2.24, 2.45) is 0 Å². The van der Waals surface area contributed by atoms with E-state index in [1.807, 2.05) is 23.8 Å². The number of hydrogen-bond donors (Lipinski definition) is 1. The predicted octanol–water partition coefficient (Wildman–Crippen LogP) is 3.09. The molecule has 8 nitrogen and oxygen atoms in total. The van der Waals surface area contributed by atoms with Gasteiger partial charge in [0.2, 0.25) is 0 Å². The monoisotopic (exact) mass is 423 g/mol. The van der Waals surface area contributed by atoms with Crippen LogP contribution in [0.2, 0.25) is 0 Å². The minimum absolute atomic E-state index is 0.137. The Bertz CT molecular complexity index is 1030. The van der Waals surface area contributed by atoms with Crippen molar-refractivity contribution in [2.45, 2.75) is 59.5 Å². The molecule has 4 heterocycles. The van der Waals surface area contributed by atoms with Gasteiger partial charge in [0.15, 0.2) is 5.65 Å². The fourth-order valence-electron chi connectivity index (χ4n) is 4.17. The average molecular weight is 424 g/mol. The highest BCUT2D eigenvalue weighted by molar-refractivity contribution is 5.49. The molecule has 1 aliphatic heterocycles. The van der Waals surface area contributed by atoms with Gasteiger partial charge in [-0.2, -0.15) is 4.98 Å². The first-order chi connectivity index (χ1) is 15.1. The molecule has 1 N–H and O–H groups in total. The van der Waals surface area contributed by atoms with E-state index in [1.54, 1.807) is 0 Å². The lowest BCUT2D eigenvalue weighted by Crippen LogP contribution is -2.44. The molecule has 3 aromatic heterocycles. The Morgan fingerprint density at radius 2 is 1.94 bits per heavy atom. The minimum Gasteiger partial charge on any atom is -0.459 e. The maximum Gasteiger partial charge on any atom is 0.334 e. The number of fused-ring (bicyclic) bond motifs is 1. The standard InChI is InChI=1S/C23H33N7O/c1-5-7-20(6-2)31-23-27-17(4)22-26-15-19(30(22)28-23)13-18-12-16(3)21(25-14-18)29-10-8-24-9-11-29/h12,14-15,20,24H,5-11,13H2,1-4H3. The SMILES string of the molecule is CCCC(CC)Oc1nc(C)c2ncc(Cc3cnc(N4CCNCC4)c(C)c3)n2n1. The third-order valence-electron chi connectivity index (χ3n) is 5.83. The maximum atomic E-state index is 6.08. The Balaban J connectivity index is 1.57. The number of hydrogen-bond acceptors (Lipinski definition) is 7. The molecule has 4 rings (SSSR count). The van der Waals surface area contributed by atoms with Crippen LogP contribution in [0.5, 0.6) is 6.01 Å². The fraction of sp³-hybridized carbons (Fsp3) is 0.565. The summed E-state index contributed by atoms with van der Waals surface area (Å²) in [5.41, 5.74) is 4.95. The van der Waals surface area contributed by atoms with E-state index in [0.29, 0.717) is 12.4 Å². The molecule has 0 aliphatic carbocycles. The van der Waals surface area contributed by atoms with Gasteiger partial charge in [0.1, 0.15) is 11.9 Å². The van der Waals surface area contributed by atoms with Gasteiger partial charge in [-0.1, -0.05) is 26.3 Å². The van der Waals surface area contributed by atoms with E-state index in [2.05, 4.69) is 52.1 Å². The number of piperazine rings is 1. The topological polar surface area (TPSA) is 80.5 Å². The zero-order valence-corrected chi connectivity index (χ0v) is 19.1. The minimum atomic E-state index is 0.137. The number of aryl methyl sites for hydroxylation is 2. The summed E-state index contributed by atoms with van der Waals surface area (Å²) in [7, 11) is 0. The molecule has 0 spiro atoms. The van der Waals surface area contributed by atoms with Gasteiger partial charge < -0.3 is 15.0 Å². The van der Waals surface area contributed by atoms with Gasteiger partial charge >= 0.3 is 6.01 Å². The molecule has 0 bridgehead atoms. The first-order valence-electron chi connectivity index (χ1n) is 11.4. The van der Waals surface area contributed by atoms with E-state index >= 15 is 0 Å². The summed E-state index contributed by atoms with van der Waals surface area (Å²) in [5, 5.41) is 8.05. The van der Waals surface area contributed by atoms with Crippen LogP contribution in [0.3, 0.4) is 0 Å². The second kappa shape index (κ2) is 9.60. The number of nitrogens with one attached hydrogen (secondary N) is 1. The van der Waals surface area contributed by atoms with Gasteiger partial charge in [0, 0.05) is 38.8 Å². The molecule has 1 aliphatic rings. The number of aromatic nitrogens is 5. The molecule has 8 heteroatoms. The number of ether oxygens (including phenoxy) is 1. The van der Waals surface area contributed by atoms with Crippen molar-refractivity contribution in [3.8, 4) is 6.01 Å². The fourth-order valence-corrected chi connectivity index (χ4v) is 4.17. The zero-order chi connectivity index (χ0) is 21.8. The van der Waals surface area contributed by atoms with Crippen LogP contribution in [0.15, 0.2) is 18.5 Å². The van der Waals surface area contributed by atoms with Crippen molar-refractivity contribution in [1.29, 1.82) is 0 Å². The van der Waals surface area contributed by atoms with Gasteiger partial charge in [-0.15, -0.1) is 5.10 Å². The molecular formula is C23H33N7O. The first-order valence-corrected chi connectivity index (χ1v) is 11.4. The molecule has 0 radical (unpaired) electrons. The number of pyridine rings is 1. The van der Waals surface area contributed by atoms with Crippen LogP contribution >= 0.6 is 0 Å². The lowest BCUT2D eigenvalue weighted by atomic mass is 10.1. The third-order valence-corrected chi connectivity index (χ3v) is 5.83. The smallest absolute Gasteiger partial charge is 0.334 e. The first kappa shape index (κ1) is 21.5. The quantitative estimate of drug-likeness (QED) is 0.596. The van der Waals surface area contributed by atoms with Crippen LogP contribution in [0.25, 0.3) is 5.65 Å². The molecule has 1 unspecified atom stereocenters. The summed E-state index contributed by atoms with van der Waals surface area (Å²) in [6, 6.07) is 2.65. The molecule has 0 amide bonds. The van der Waals surface area contributed by atoms with Crippen molar-refractivity contribution < 1.29 is 4.74 Å². The molecule has 166 valence electrons. The summed E-state index contributed by atoms with van der Waals surface area (Å²) in [5.74, 6) is 1.08. The lowest BCUT2D eigenvalue weighted by Gasteiger charge is -2.29. The van der Waals surface area contributed by atoms with Crippen LogP contribution < -0.4 is 15.0 Å². The van der Waals surface area contributed by atoms with Crippen LogP contribution in [0.1, 0.15) is 55.6 Å². The highest BCUT2D eigenvalue weighted by Gasteiger charge is 2.17. The summed E-state index contributed by atoms with van der Waals surface area (Å²) in [6.45, 7) is 12.4. The Labute approximate surface area is 184 Å². The molecule has 0 saturated carbocycles. The van der Waals surface area contributed by atoms with Gasteiger partial charge in [-0.3, -0.25) is 0 Å². The van der Waals surface area contributed by atoms with E-state index in [-0.39, 0.29) is 6.10 Å². The Morgan fingerprint density at radius 1 is 1.13 bits per heavy atom. The van der Waals surface area contributed by atoms with Gasteiger partial charge in [-0.25, -0.2) is 14.5 Å². The summed E-state index contributed by atoms with van der Waals surface area (Å²) in [6.07, 6.45) is 7.71. The highest BCUT2D eigenvalue weighted by atomic mass is 16.5. The molecule has 31 heavy (non-hydrogen) atoms. The Morgan fingerprint density at radius 3 is 2.65 bits per heavy atom. The molecule has 1 atom stereocenters. The molecule has 3 aromatic rings. The zero-order valence-electron chi connectivity index (χ0n) is 19.1. The second-order valence-corrected chi connectivity index (χ2v) is 8.30. The van der Waals surface area contributed by atoms with Crippen LogP contribution in [0.4, 0.5) is 5.82 Å². The number of imidazole rings is 1. The Hall–Kier alpha value is -2.74. The van der Waals surface area contributed by atoms with Crippen molar-refractivity contribution in [3.63, 3.8) is 0 Å². The van der Waals surface area contributed by atoms with Gasteiger partial charge in [-0.05, 0) is 37.8 Å². The summed E-state index contributed by atoms with van der Waals surface area (Å²) < 4.78 is 7.95. The summed E-state index contributed by atoms with van der Waals surface area (Å²) >= 11 is 0. The van der Waals surface area contributed by atoms with Crippen LogP contribution in [-0.2, 0) is 6.42 Å². The summed E-state index contributed by atoms with van der Waals surface area (Å²) in [4.78, 5) is 16.2. The number of rotatable bonds is 8. The van der Waals surface area contributed by atoms with Crippen molar-refractivity contribution in [1.82, 2.24) is 29.9 Å². The van der Waals surface area contributed by atoms with E-state index in [4.69, 9.17) is 9.72 Å². The van der Waals surface area contributed by atoms with Gasteiger partial charge in [0.25, 0.3) is 0 Å². The van der Waals surface area contributed by atoms with E-state index < -0.39 is 0 Å². The second-order valence-electron chi connectivity index (χ2n) is 8.30. The molecular weight excluding hydrogens is 390 g/mol. The van der Waals surface area contributed by atoms with Gasteiger partial charge in [0.05, 0.1) is 17.6 Å².